The second-order valence-corrected chi connectivity index (χ2v) is 5.41. The molecule has 0 saturated carbocycles. The fourth-order valence-electron chi connectivity index (χ4n) is 2.07. The summed E-state index contributed by atoms with van der Waals surface area (Å²) >= 11 is 1.37. The highest BCUT2D eigenvalue weighted by Crippen LogP contribution is 2.24. The maximum absolute atomic E-state index is 11.5. The number of nitrogens with one attached hydrogen (secondary N) is 1. The van der Waals surface area contributed by atoms with E-state index in [2.05, 4.69) is 10.3 Å². The van der Waals surface area contributed by atoms with Crippen molar-refractivity contribution in [3.63, 3.8) is 0 Å². The Kier molecular flexibility index (Phi) is 3.93. The number of carboxylic acids is 1. The second-order valence-electron chi connectivity index (χ2n) is 4.54. The number of fused-ring (bicyclic) bond motifs is 1. The first-order valence-corrected chi connectivity index (χ1v) is 6.95. The summed E-state index contributed by atoms with van der Waals surface area (Å²) in [6.45, 7) is 2.18. The number of rotatable bonds is 5. The van der Waals surface area contributed by atoms with E-state index in [0.717, 1.165) is 0 Å². The summed E-state index contributed by atoms with van der Waals surface area (Å²) < 4.78 is 1.55. The van der Waals surface area contributed by atoms with Crippen LogP contribution in [0.4, 0.5) is 5.82 Å². The number of carboxylic acid groups (broad SMARTS) is 1. The van der Waals surface area contributed by atoms with Crippen LogP contribution >= 0.6 is 11.3 Å². The lowest BCUT2D eigenvalue weighted by molar-refractivity contribution is -0.123. The van der Waals surface area contributed by atoms with Crippen LogP contribution in [0, 0.1) is 5.92 Å². The van der Waals surface area contributed by atoms with E-state index < -0.39 is 5.97 Å². The summed E-state index contributed by atoms with van der Waals surface area (Å²) in [5.74, 6) is -1.01. The SMILES string of the molecule is CNC(=O)C(C)CN(C)c1nc2sccn2c1C(=O)O. The van der Waals surface area contributed by atoms with E-state index in [1.54, 1.807) is 41.9 Å². The van der Waals surface area contributed by atoms with Crippen LogP contribution in [0.3, 0.4) is 0 Å². The molecule has 2 rings (SSSR count). The Hall–Kier alpha value is -2.09. The molecule has 2 heterocycles. The average molecular weight is 296 g/mol. The highest BCUT2D eigenvalue weighted by molar-refractivity contribution is 7.15. The lowest BCUT2D eigenvalue weighted by Crippen LogP contribution is -2.35. The van der Waals surface area contributed by atoms with Gasteiger partial charge in [0.25, 0.3) is 0 Å². The number of imidazole rings is 1. The lowest BCUT2D eigenvalue weighted by atomic mass is 10.1. The molecule has 0 bridgehead atoms. The molecule has 108 valence electrons. The van der Waals surface area contributed by atoms with Crippen molar-refractivity contribution in [1.82, 2.24) is 14.7 Å². The van der Waals surface area contributed by atoms with Crippen molar-refractivity contribution in [2.24, 2.45) is 5.92 Å². The topological polar surface area (TPSA) is 86.9 Å². The van der Waals surface area contributed by atoms with Crippen LogP contribution in [0.15, 0.2) is 11.6 Å². The van der Waals surface area contributed by atoms with Crippen molar-refractivity contribution in [3.8, 4) is 0 Å². The van der Waals surface area contributed by atoms with Gasteiger partial charge in [-0.25, -0.2) is 9.78 Å². The normalized spacial score (nSPS) is 12.3. The minimum atomic E-state index is -1.04. The first-order chi connectivity index (χ1) is 9.45. The van der Waals surface area contributed by atoms with Crippen LogP contribution in [0.1, 0.15) is 17.4 Å². The number of thiazole rings is 1. The van der Waals surface area contributed by atoms with Crippen LogP contribution in [0.5, 0.6) is 0 Å². The smallest absolute Gasteiger partial charge is 0.356 e. The van der Waals surface area contributed by atoms with Gasteiger partial charge in [0, 0.05) is 32.2 Å². The fourth-order valence-corrected chi connectivity index (χ4v) is 2.77. The zero-order valence-electron chi connectivity index (χ0n) is 11.5. The van der Waals surface area contributed by atoms with Crippen molar-refractivity contribution in [2.45, 2.75) is 6.92 Å². The molecule has 0 aromatic carbocycles. The monoisotopic (exact) mass is 296 g/mol. The van der Waals surface area contributed by atoms with Gasteiger partial charge in [-0.15, -0.1) is 11.3 Å². The van der Waals surface area contributed by atoms with Gasteiger partial charge in [-0.1, -0.05) is 6.92 Å². The van der Waals surface area contributed by atoms with E-state index in [-0.39, 0.29) is 17.5 Å². The Bertz CT molecular complexity index is 648. The maximum Gasteiger partial charge on any atom is 0.356 e. The summed E-state index contributed by atoms with van der Waals surface area (Å²) in [6, 6.07) is 0. The Morgan fingerprint density at radius 2 is 2.30 bits per heavy atom. The van der Waals surface area contributed by atoms with E-state index in [0.29, 0.717) is 17.3 Å². The number of amides is 1. The van der Waals surface area contributed by atoms with Crippen LogP contribution in [0.25, 0.3) is 4.96 Å². The predicted molar refractivity (Wildman–Crippen MR) is 76.5 cm³/mol. The molecular formula is C12H16N4O3S. The van der Waals surface area contributed by atoms with Gasteiger partial charge in [0.1, 0.15) is 0 Å². The van der Waals surface area contributed by atoms with E-state index in [1.807, 2.05) is 0 Å². The third kappa shape index (κ3) is 2.46. The van der Waals surface area contributed by atoms with Crippen LogP contribution in [0.2, 0.25) is 0 Å². The molecule has 1 unspecified atom stereocenters. The number of carbonyl (C=O) groups excluding carboxylic acids is 1. The van der Waals surface area contributed by atoms with E-state index in [9.17, 15) is 14.7 Å². The Morgan fingerprint density at radius 3 is 2.90 bits per heavy atom. The van der Waals surface area contributed by atoms with Crippen molar-refractivity contribution in [1.29, 1.82) is 0 Å². The number of anilines is 1. The molecule has 0 fully saturated rings. The molecule has 0 aliphatic carbocycles. The summed E-state index contributed by atoms with van der Waals surface area (Å²) in [6.07, 6.45) is 1.68. The predicted octanol–water partition coefficient (Wildman–Crippen LogP) is 0.912. The van der Waals surface area contributed by atoms with Crippen molar-refractivity contribution in [2.75, 3.05) is 25.5 Å². The van der Waals surface area contributed by atoms with Crippen LogP contribution in [-0.4, -0.2) is 47.0 Å². The second kappa shape index (κ2) is 5.49. The summed E-state index contributed by atoms with van der Waals surface area (Å²) in [5.41, 5.74) is 0.118. The number of aromatic nitrogens is 2. The van der Waals surface area contributed by atoms with Gasteiger partial charge in [0.15, 0.2) is 16.5 Å². The molecule has 1 atom stereocenters. The molecule has 0 aliphatic rings. The molecule has 2 aromatic heterocycles. The number of aromatic carboxylic acids is 1. The molecule has 2 N–H and O–H groups in total. The number of hydrogen-bond acceptors (Lipinski definition) is 5. The molecule has 0 saturated heterocycles. The number of hydrogen-bond donors (Lipinski definition) is 2. The molecule has 0 spiro atoms. The van der Waals surface area contributed by atoms with Gasteiger partial charge in [-0.3, -0.25) is 9.20 Å². The minimum absolute atomic E-state index is 0.0882. The van der Waals surface area contributed by atoms with Crippen molar-refractivity contribution < 1.29 is 14.7 Å². The van der Waals surface area contributed by atoms with Gasteiger partial charge in [-0.05, 0) is 0 Å². The third-order valence-electron chi connectivity index (χ3n) is 3.05. The minimum Gasteiger partial charge on any atom is -0.476 e. The van der Waals surface area contributed by atoms with E-state index in [4.69, 9.17) is 0 Å². The van der Waals surface area contributed by atoms with Gasteiger partial charge in [-0.2, -0.15) is 0 Å². The molecule has 2 aromatic rings. The van der Waals surface area contributed by atoms with Gasteiger partial charge >= 0.3 is 5.97 Å². The van der Waals surface area contributed by atoms with Gasteiger partial charge in [0.2, 0.25) is 5.91 Å². The van der Waals surface area contributed by atoms with Crippen molar-refractivity contribution >= 4 is 34.0 Å². The largest absolute Gasteiger partial charge is 0.476 e. The van der Waals surface area contributed by atoms with Crippen LogP contribution < -0.4 is 10.2 Å². The van der Waals surface area contributed by atoms with Crippen LogP contribution in [-0.2, 0) is 4.79 Å². The standard InChI is InChI=1S/C12H16N4O3S/c1-7(10(17)13-2)6-15(3)9-8(11(18)19)16-4-5-20-12(16)14-9/h4-5,7H,6H2,1-3H3,(H,13,17)(H,18,19). The van der Waals surface area contributed by atoms with Crippen molar-refractivity contribution in [3.05, 3.63) is 17.3 Å². The fraction of sp³-hybridized carbons (Fsp3) is 0.417. The molecule has 20 heavy (non-hydrogen) atoms. The summed E-state index contributed by atoms with van der Waals surface area (Å²) in [4.78, 5) is 29.6. The zero-order chi connectivity index (χ0) is 14.9. The maximum atomic E-state index is 11.5. The summed E-state index contributed by atoms with van der Waals surface area (Å²) in [5, 5.41) is 13.7. The Balaban J connectivity index is 2.32. The highest BCUT2D eigenvalue weighted by atomic mass is 32.1. The number of nitrogens with zero attached hydrogens (tertiary/aromatic N) is 3. The number of carbonyl (C=O) groups is 2. The molecule has 8 heteroatoms. The Morgan fingerprint density at radius 1 is 1.60 bits per heavy atom. The van der Waals surface area contributed by atoms with E-state index >= 15 is 0 Å². The Labute approximate surface area is 119 Å². The van der Waals surface area contributed by atoms with E-state index in [1.165, 1.54) is 11.3 Å². The average Bonchev–Trinajstić information content (AvgIpc) is 2.96. The third-order valence-corrected chi connectivity index (χ3v) is 3.81. The quantitative estimate of drug-likeness (QED) is 0.856. The summed E-state index contributed by atoms with van der Waals surface area (Å²) in [7, 11) is 3.31. The first kappa shape index (κ1) is 14.3. The van der Waals surface area contributed by atoms with Gasteiger partial charge in [0.05, 0.1) is 5.92 Å². The lowest BCUT2D eigenvalue weighted by Gasteiger charge is -2.20. The molecule has 0 aliphatic heterocycles. The van der Waals surface area contributed by atoms with Gasteiger partial charge < -0.3 is 15.3 Å². The molecule has 1 amide bonds. The molecule has 7 nitrogen and oxygen atoms in total. The highest BCUT2D eigenvalue weighted by Gasteiger charge is 2.24. The zero-order valence-corrected chi connectivity index (χ0v) is 12.3. The first-order valence-electron chi connectivity index (χ1n) is 6.07. The molecular weight excluding hydrogens is 280 g/mol. The molecule has 0 radical (unpaired) electrons.